The maximum absolute atomic E-state index is 3.73. The van der Waals surface area contributed by atoms with Crippen LogP contribution >= 0.6 is 0 Å². The lowest BCUT2D eigenvalue weighted by molar-refractivity contribution is 0.502. The Balaban J connectivity index is 3.73. The van der Waals surface area contributed by atoms with E-state index in [9.17, 15) is 0 Å². The van der Waals surface area contributed by atoms with Crippen molar-refractivity contribution in [3.8, 4) is 0 Å². The maximum Gasteiger partial charge on any atom is -0.0259 e. The molecule has 1 unspecified atom stereocenters. The first-order valence-corrected chi connectivity index (χ1v) is 6.03. The molecule has 0 spiro atoms. The quantitative estimate of drug-likeness (QED) is 0.506. The van der Waals surface area contributed by atoms with Crippen LogP contribution in [0.25, 0.3) is 0 Å². The fourth-order valence-electron chi connectivity index (χ4n) is 1.41. The van der Waals surface area contributed by atoms with Gasteiger partial charge in [0.1, 0.15) is 0 Å². The molecule has 0 saturated carbocycles. The molecule has 0 aromatic heterocycles. The van der Waals surface area contributed by atoms with Crippen LogP contribution in [-0.2, 0) is 0 Å². The van der Waals surface area contributed by atoms with Crippen LogP contribution in [0.2, 0.25) is 0 Å². The number of allylic oxidation sites excluding steroid dienone is 5. The Morgan fingerprint density at radius 1 is 1.20 bits per heavy atom. The summed E-state index contributed by atoms with van der Waals surface area (Å²) in [4.78, 5) is 0. The van der Waals surface area contributed by atoms with Crippen molar-refractivity contribution in [1.29, 1.82) is 0 Å². The van der Waals surface area contributed by atoms with Crippen LogP contribution in [0.15, 0.2) is 36.5 Å². The summed E-state index contributed by atoms with van der Waals surface area (Å²) in [6, 6.07) is 0. The summed E-state index contributed by atoms with van der Waals surface area (Å²) in [6.07, 6.45) is 12.4. The highest BCUT2D eigenvalue weighted by Crippen LogP contribution is 2.13. The van der Waals surface area contributed by atoms with E-state index in [2.05, 4.69) is 52.5 Å². The Bertz CT molecular complexity index is 218. The summed E-state index contributed by atoms with van der Waals surface area (Å²) >= 11 is 0. The Morgan fingerprint density at radius 3 is 2.40 bits per heavy atom. The summed E-state index contributed by atoms with van der Waals surface area (Å²) in [5.74, 6) is 1.53. The minimum Gasteiger partial charge on any atom is -0.0988 e. The van der Waals surface area contributed by atoms with Crippen molar-refractivity contribution in [2.24, 2.45) is 11.8 Å². The van der Waals surface area contributed by atoms with Gasteiger partial charge in [0.15, 0.2) is 0 Å². The second-order valence-corrected chi connectivity index (χ2v) is 4.80. The largest absolute Gasteiger partial charge is 0.0988 e. The van der Waals surface area contributed by atoms with Gasteiger partial charge < -0.3 is 0 Å². The molecule has 1 atom stereocenters. The molecule has 0 heterocycles. The summed E-state index contributed by atoms with van der Waals surface area (Å²) < 4.78 is 0. The molecule has 0 aliphatic heterocycles. The van der Waals surface area contributed by atoms with E-state index in [1.54, 1.807) is 0 Å². The molecule has 0 aliphatic carbocycles. The van der Waals surface area contributed by atoms with Gasteiger partial charge in [-0.1, -0.05) is 70.1 Å². The zero-order valence-corrected chi connectivity index (χ0v) is 10.8. The van der Waals surface area contributed by atoms with E-state index < -0.39 is 0 Å². The monoisotopic (exact) mass is 206 g/mol. The predicted octanol–water partition coefficient (Wildman–Crippen LogP) is 5.14. The first kappa shape index (κ1) is 14.2. The van der Waals surface area contributed by atoms with Crippen molar-refractivity contribution in [1.82, 2.24) is 0 Å². The van der Waals surface area contributed by atoms with Crippen molar-refractivity contribution < 1.29 is 0 Å². The zero-order valence-electron chi connectivity index (χ0n) is 10.8. The van der Waals surface area contributed by atoms with Gasteiger partial charge in [0.25, 0.3) is 0 Å². The Hall–Kier alpha value is -0.780. The van der Waals surface area contributed by atoms with Gasteiger partial charge in [-0.15, -0.1) is 0 Å². The van der Waals surface area contributed by atoms with Gasteiger partial charge in [-0.05, 0) is 25.2 Å². The number of hydrogen-bond acceptors (Lipinski definition) is 0. The van der Waals surface area contributed by atoms with Gasteiger partial charge in [0, 0.05) is 0 Å². The third-order valence-corrected chi connectivity index (χ3v) is 2.56. The lowest BCUT2D eigenvalue weighted by atomic mass is 9.99. The van der Waals surface area contributed by atoms with Gasteiger partial charge in [0.05, 0.1) is 0 Å². The molecule has 0 fully saturated rings. The lowest BCUT2D eigenvalue weighted by Crippen LogP contribution is -1.92. The molecule has 0 aliphatic rings. The van der Waals surface area contributed by atoms with Gasteiger partial charge in [-0.3, -0.25) is 0 Å². The van der Waals surface area contributed by atoms with Gasteiger partial charge in [-0.2, -0.15) is 0 Å². The van der Waals surface area contributed by atoms with Crippen LogP contribution in [0.5, 0.6) is 0 Å². The van der Waals surface area contributed by atoms with Crippen LogP contribution in [-0.4, -0.2) is 0 Å². The number of rotatable bonds is 7. The van der Waals surface area contributed by atoms with E-state index in [0.29, 0.717) is 5.92 Å². The highest BCUT2D eigenvalue weighted by Gasteiger charge is 1.98. The molecule has 86 valence electrons. The average molecular weight is 206 g/mol. The molecule has 0 amide bonds. The topological polar surface area (TPSA) is 0 Å². The smallest absolute Gasteiger partial charge is 0.0259 e. The van der Waals surface area contributed by atoms with Gasteiger partial charge in [0.2, 0.25) is 0 Å². The summed E-state index contributed by atoms with van der Waals surface area (Å²) in [7, 11) is 0. The maximum atomic E-state index is 3.73. The lowest BCUT2D eigenvalue weighted by Gasteiger charge is -2.07. The molecule has 0 radical (unpaired) electrons. The summed E-state index contributed by atoms with van der Waals surface area (Å²) in [6.45, 7) is 12.7. The molecular weight excluding hydrogens is 180 g/mol. The van der Waals surface area contributed by atoms with Crippen molar-refractivity contribution in [2.75, 3.05) is 0 Å². The molecule has 15 heavy (non-hydrogen) atoms. The van der Waals surface area contributed by atoms with Crippen LogP contribution in [0.4, 0.5) is 0 Å². The zero-order chi connectivity index (χ0) is 11.7. The van der Waals surface area contributed by atoms with Crippen LogP contribution in [0.1, 0.15) is 47.0 Å². The second-order valence-electron chi connectivity index (χ2n) is 4.80. The predicted molar refractivity (Wildman–Crippen MR) is 70.9 cm³/mol. The summed E-state index contributed by atoms with van der Waals surface area (Å²) in [5, 5.41) is 0. The fraction of sp³-hybridized carbons (Fsp3) is 0.600. The van der Waals surface area contributed by atoms with Crippen molar-refractivity contribution in [2.45, 2.75) is 47.0 Å². The van der Waals surface area contributed by atoms with Crippen LogP contribution in [0.3, 0.4) is 0 Å². The van der Waals surface area contributed by atoms with Crippen molar-refractivity contribution in [3.05, 3.63) is 36.5 Å². The van der Waals surface area contributed by atoms with Gasteiger partial charge >= 0.3 is 0 Å². The van der Waals surface area contributed by atoms with E-state index in [-0.39, 0.29) is 0 Å². The molecule has 0 aromatic carbocycles. The molecule has 0 rings (SSSR count). The van der Waals surface area contributed by atoms with Crippen molar-refractivity contribution in [3.63, 3.8) is 0 Å². The molecule has 0 N–H and O–H groups in total. The molecule has 0 bridgehead atoms. The average Bonchev–Trinajstić information content (AvgIpc) is 2.17. The Morgan fingerprint density at radius 2 is 1.87 bits per heavy atom. The second kappa shape index (κ2) is 8.52. The first-order chi connectivity index (χ1) is 7.06. The molecule has 0 aromatic rings. The van der Waals surface area contributed by atoms with E-state index in [0.717, 1.165) is 5.92 Å². The third-order valence-electron chi connectivity index (χ3n) is 2.56. The minimum absolute atomic E-state index is 0.692. The summed E-state index contributed by atoms with van der Waals surface area (Å²) in [5.41, 5.74) is 1.22. The van der Waals surface area contributed by atoms with Gasteiger partial charge in [-0.25, -0.2) is 0 Å². The molecule has 0 saturated heterocycles. The van der Waals surface area contributed by atoms with Crippen molar-refractivity contribution >= 4 is 0 Å². The Kier molecular flexibility index (Phi) is 8.08. The van der Waals surface area contributed by atoms with E-state index in [1.165, 1.54) is 24.8 Å². The first-order valence-electron chi connectivity index (χ1n) is 6.03. The standard InChI is InChI=1S/C15H26/c1-6-14(4)10-8-12-15(5)11-7-9-13(2)3/h6,8,10,12-13,15H,1,7,9,11H2,2-5H3/b12-8?,14-10-. The van der Waals surface area contributed by atoms with Crippen LogP contribution in [0, 0.1) is 11.8 Å². The van der Waals surface area contributed by atoms with E-state index in [4.69, 9.17) is 0 Å². The fourth-order valence-corrected chi connectivity index (χ4v) is 1.41. The highest BCUT2D eigenvalue weighted by atomic mass is 14.0. The number of hydrogen-bond donors (Lipinski definition) is 0. The molecule has 0 nitrogen and oxygen atoms in total. The minimum atomic E-state index is 0.692. The van der Waals surface area contributed by atoms with E-state index >= 15 is 0 Å². The molecule has 0 heteroatoms. The Labute approximate surface area is 95.8 Å². The van der Waals surface area contributed by atoms with Crippen LogP contribution < -0.4 is 0 Å². The molecular formula is C15H26. The normalized spacial score (nSPS) is 14.9. The SMILES string of the molecule is C=C/C(C)=C\C=CC(C)CCCC(C)C. The third kappa shape index (κ3) is 9.52. The van der Waals surface area contributed by atoms with E-state index in [1.807, 2.05) is 6.08 Å². The highest BCUT2D eigenvalue weighted by molar-refractivity contribution is 5.19.